The van der Waals surface area contributed by atoms with Crippen LogP contribution in [-0.2, 0) is 4.79 Å². The third-order valence-corrected chi connectivity index (χ3v) is 4.86. The number of rotatable bonds is 7. The van der Waals surface area contributed by atoms with Crippen molar-refractivity contribution in [1.82, 2.24) is 4.98 Å². The number of nitrogens with one attached hydrogen (secondary N) is 1. The van der Waals surface area contributed by atoms with E-state index >= 15 is 0 Å². The Balaban J connectivity index is 2.07. The summed E-state index contributed by atoms with van der Waals surface area (Å²) in [7, 11) is 0. The molecule has 1 amide bonds. The molecule has 0 saturated heterocycles. The van der Waals surface area contributed by atoms with Gasteiger partial charge in [0.1, 0.15) is 5.75 Å². The molecule has 22 heavy (non-hydrogen) atoms. The molecule has 6 heteroatoms. The van der Waals surface area contributed by atoms with Gasteiger partial charge in [0.2, 0.25) is 5.91 Å². The first kappa shape index (κ1) is 17.2. The highest BCUT2D eigenvalue weighted by Crippen LogP contribution is 2.30. The van der Waals surface area contributed by atoms with E-state index in [0.29, 0.717) is 5.13 Å². The largest absolute Gasteiger partial charge is 0.491 e. The number of thiazole rings is 1. The summed E-state index contributed by atoms with van der Waals surface area (Å²) in [4.78, 5) is 16.4. The average molecular weight is 385 g/mol. The number of ether oxygens (including phenoxy) is 1. The van der Waals surface area contributed by atoms with Gasteiger partial charge in [-0.15, -0.1) is 0 Å². The lowest BCUT2D eigenvalue weighted by Crippen LogP contribution is -2.22. The Bertz CT molecular complexity index is 642. The third kappa shape index (κ3) is 4.68. The predicted molar refractivity (Wildman–Crippen MR) is 96.3 cm³/mol. The van der Waals surface area contributed by atoms with Gasteiger partial charge in [-0.3, -0.25) is 4.79 Å². The molecule has 0 aliphatic carbocycles. The van der Waals surface area contributed by atoms with Crippen LogP contribution in [0.4, 0.5) is 5.13 Å². The summed E-state index contributed by atoms with van der Waals surface area (Å²) in [5.74, 6) is 0.788. The minimum atomic E-state index is -0.167. The summed E-state index contributed by atoms with van der Waals surface area (Å²) in [6.07, 6.45) is 3.07. The number of hydrogen-bond donors (Lipinski definition) is 1. The molecular weight excluding hydrogens is 364 g/mol. The number of fused-ring (bicyclic) bond motifs is 1. The topological polar surface area (TPSA) is 51.2 Å². The van der Waals surface area contributed by atoms with E-state index in [1.807, 2.05) is 32.0 Å². The van der Waals surface area contributed by atoms with Gasteiger partial charge in [-0.1, -0.05) is 47.0 Å². The molecule has 0 aliphatic heterocycles. The van der Waals surface area contributed by atoms with Crippen molar-refractivity contribution in [2.45, 2.75) is 51.0 Å². The number of anilines is 1. The SMILES string of the molecule is CCCC[C@H](Br)C(=O)Nc1nc2ccc(OC(C)C)cc2s1. The van der Waals surface area contributed by atoms with Crippen LogP contribution in [0.3, 0.4) is 0 Å². The van der Waals surface area contributed by atoms with Gasteiger partial charge in [-0.25, -0.2) is 4.98 Å². The number of amides is 1. The van der Waals surface area contributed by atoms with E-state index in [1.54, 1.807) is 0 Å². The zero-order valence-electron chi connectivity index (χ0n) is 13.1. The number of halogens is 1. The van der Waals surface area contributed by atoms with Gasteiger partial charge in [0.15, 0.2) is 5.13 Å². The van der Waals surface area contributed by atoms with E-state index in [1.165, 1.54) is 11.3 Å². The first-order valence-electron chi connectivity index (χ1n) is 7.51. The summed E-state index contributed by atoms with van der Waals surface area (Å²) in [6, 6.07) is 5.79. The zero-order chi connectivity index (χ0) is 16.1. The van der Waals surface area contributed by atoms with Crippen molar-refractivity contribution in [2.24, 2.45) is 0 Å². The molecule has 0 unspecified atom stereocenters. The maximum atomic E-state index is 12.1. The molecule has 1 heterocycles. The number of alkyl halides is 1. The second kappa shape index (κ2) is 7.92. The first-order valence-corrected chi connectivity index (χ1v) is 9.25. The lowest BCUT2D eigenvalue weighted by molar-refractivity contribution is -0.115. The van der Waals surface area contributed by atoms with Crippen LogP contribution in [0.2, 0.25) is 0 Å². The Morgan fingerprint density at radius 1 is 1.45 bits per heavy atom. The second-order valence-electron chi connectivity index (χ2n) is 5.41. The van der Waals surface area contributed by atoms with Crippen LogP contribution in [0.1, 0.15) is 40.0 Å². The molecule has 0 radical (unpaired) electrons. The van der Waals surface area contributed by atoms with Crippen molar-refractivity contribution in [1.29, 1.82) is 0 Å². The lowest BCUT2D eigenvalue weighted by atomic mass is 10.2. The number of benzene rings is 1. The number of hydrogen-bond acceptors (Lipinski definition) is 4. The van der Waals surface area contributed by atoms with Crippen LogP contribution < -0.4 is 10.1 Å². The van der Waals surface area contributed by atoms with Crippen molar-refractivity contribution in [3.05, 3.63) is 18.2 Å². The highest BCUT2D eigenvalue weighted by molar-refractivity contribution is 9.10. The molecule has 2 aromatic rings. The molecule has 0 bridgehead atoms. The molecule has 1 aromatic carbocycles. The summed E-state index contributed by atoms with van der Waals surface area (Å²) >= 11 is 4.89. The number of unbranched alkanes of at least 4 members (excludes halogenated alkanes) is 1. The van der Waals surface area contributed by atoms with E-state index in [0.717, 1.165) is 35.2 Å². The van der Waals surface area contributed by atoms with E-state index in [9.17, 15) is 4.79 Å². The number of aromatic nitrogens is 1. The van der Waals surface area contributed by atoms with Crippen LogP contribution in [-0.4, -0.2) is 21.8 Å². The Labute approximate surface area is 143 Å². The summed E-state index contributed by atoms with van der Waals surface area (Å²) in [6.45, 7) is 6.10. The highest BCUT2D eigenvalue weighted by Gasteiger charge is 2.16. The molecule has 120 valence electrons. The predicted octanol–water partition coefficient (Wildman–Crippen LogP) is 4.98. The van der Waals surface area contributed by atoms with Gasteiger partial charge in [0.05, 0.1) is 21.1 Å². The summed E-state index contributed by atoms with van der Waals surface area (Å²) in [5.41, 5.74) is 0.871. The van der Waals surface area contributed by atoms with Crippen LogP contribution in [0.25, 0.3) is 10.2 Å². The number of carbonyl (C=O) groups is 1. The van der Waals surface area contributed by atoms with Crippen LogP contribution in [0.15, 0.2) is 18.2 Å². The quantitative estimate of drug-likeness (QED) is 0.685. The standard InChI is InChI=1S/C16H21BrN2O2S/c1-4-5-6-12(17)15(20)19-16-18-13-8-7-11(21-10(2)3)9-14(13)22-16/h7-10,12H,4-6H2,1-3H3,(H,18,19,20)/t12-/m0/s1. The third-order valence-electron chi connectivity index (χ3n) is 3.06. The van der Waals surface area contributed by atoms with E-state index in [2.05, 4.69) is 33.2 Å². The minimum absolute atomic E-state index is 0.0360. The monoisotopic (exact) mass is 384 g/mol. The number of carbonyl (C=O) groups excluding carboxylic acids is 1. The molecule has 1 N–H and O–H groups in total. The number of nitrogens with zero attached hydrogens (tertiary/aromatic N) is 1. The zero-order valence-corrected chi connectivity index (χ0v) is 15.5. The average Bonchev–Trinajstić information content (AvgIpc) is 2.85. The first-order chi connectivity index (χ1) is 10.5. The van der Waals surface area contributed by atoms with Crippen molar-refractivity contribution in [3.8, 4) is 5.75 Å². The van der Waals surface area contributed by atoms with E-state index in [4.69, 9.17) is 4.74 Å². The van der Waals surface area contributed by atoms with Crippen LogP contribution in [0.5, 0.6) is 5.75 Å². The highest BCUT2D eigenvalue weighted by atomic mass is 79.9. The van der Waals surface area contributed by atoms with Crippen molar-refractivity contribution >= 4 is 48.5 Å². The van der Waals surface area contributed by atoms with Crippen molar-refractivity contribution in [3.63, 3.8) is 0 Å². The van der Waals surface area contributed by atoms with E-state index < -0.39 is 0 Å². The normalized spacial score (nSPS) is 12.6. The maximum absolute atomic E-state index is 12.1. The van der Waals surface area contributed by atoms with Crippen molar-refractivity contribution in [2.75, 3.05) is 5.32 Å². The van der Waals surface area contributed by atoms with Crippen LogP contribution >= 0.6 is 27.3 Å². The maximum Gasteiger partial charge on any atom is 0.239 e. The molecule has 0 spiro atoms. The molecule has 2 rings (SSSR count). The molecule has 1 atom stereocenters. The van der Waals surface area contributed by atoms with Gasteiger partial charge in [0, 0.05) is 0 Å². The van der Waals surface area contributed by atoms with E-state index in [-0.39, 0.29) is 16.8 Å². The van der Waals surface area contributed by atoms with Gasteiger partial charge < -0.3 is 10.1 Å². The second-order valence-corrected chi connectivity index (χ2v) is 7.55. The van der Waals surface area contributed by atoms with Crippen molar-refractivity contribution < 1.29 is 9.53 Å². The summed E-state index contributed by atoms with van der Waals surface area (Å²) in [5, 5.41) is 3.51. The fourth-order valence-electron chi connectivity index (χ4n) is 2.00. The molecule has 0 aliphatic rings. The molecule has 0 saturated carbocycles. The Morgan fingerprint density at radius 2 is 2.23 bits per heavy atom. The lowest BCUT2D eigenvalue weighted by Gasteiger charge is -2.08. The Hall–Kier alpha value is -1.14. The molecular formula is C16H21BrN2O2S. The Kier molecular flexibility index (Phi) is 6.20. The smallest absolute Gasteiger partial charge is 0.239 e. The van der Waals surface area contributed by atoms with Gasteiger partial charge in [-0.2, -0.15) is 0 Å². The Morgan fingerprint density at radius 3 is 2.91 bits per heavy atom. The fourth-order valence-corrected chi connectivity index (χ4v) is 3.34. The van der Waals surface area contributed by atoms with Gasteiger partial charge in [0.25, 0.3) is 0 Å². The van der Waals surface area contributed by atoms with Gasteiger partial charge >= 0.3 is 0 Å². The van der Waals surface area contributed by atoms with Gasteiger partial charge in [-0.05, 0) is 38.5 Å². The summed E-state index contributed by atoms with van der Waals surface area (Å²) < 4.78 is 6.69. The molecule has 1 aromatic heterocycles. The fraction of sp³-hybridized carbons (Fsp3) is 0.500. The molecule has 4 nitrogen and oxygen atoms in total. The molecule has 0 fully saturated rings. The minimum Gasteiger partial charge on any atom is -0.491 e. The van der Waals surface area contributed by atoms with Crippen LogP contribution in [0, 0.1) is 0 Å².